The van der Waals surface area contributed by atoms with Crippen LogP contribution in [0.5, 0.6) is 0 Å². The fraction of sp³-hybridized carbons (Fsp3) is 0.500. The van der Waals surface area contributed by atoms with Gasteiger partial charge in [0.15, 0.2) is 29.3 Å². The summed E-state index contributed by atoms with van der Waals surface area (Å²) in [6.45, 7) is 0. The lowest BCUT2D eigenvalue weighted by atomic mass is 9.88. The van der Waals surface area contributed by atoms with Crippen molar-refractivity contribution in [1.82, 2.24) is 19.5 Å². The molecule has 2 aromatic heterocycles. The number of Topliss-reactive ketones (excluding diaryl/α,β-unsaturated/α-hetero) is 2. The molecule has 14 nitrogen and oxygen atoms in total. The molecule has 6 N–H and O–H groups in total. The van der Waals surface area contributed by atoms with Gasteiger partial charge < -0.3 is 30.5 Å². The Kier molecular flexibility index (Phi) is 4.55. The van der Waals surface area contributed by atoms with E-state index in [2.05, 4.69) is 19.5 Å². The minimum atomic E-state index is -5.35. The number of imidazole rings is 1. The van der Waals surface area contributed by atoms with E-state index in [1.807, 2.05) is 0 Å². The summed E-state index contributed by atoms with van der Waals surface area (Å²) in [6, 6.07) is 0. The number of nitrogens with two attached hydrogens (primary N) is 1. The van der Waals surface area contributed by atoms with Crippen LogP contribution in [0.25, 0.3) is 11.2 Å². The van der Waals surface area contributed by atoms with Crippen molar-refractivity contribution in [2.75, 3.05) is 5.73 Å². The van der Waals surface area contributed by atoms with Crippen molar-refractivity contribution < 1.29 is 43.4 Å². The molecule has 2 aromatic rings. The summed E-state index contributed by atoms with van der Waals surface area (Å²) in [5.74, 6) is -1.89. The highest BCUT2D eigenvalue weighted by Gasteiger charge is 2.66. The molecule has 3 heterocycles. The molecule has 29 heavy (non-hydrogen) atoms. The number of ether oxygens (including phenoxy) is 1. The lowest BCUT2D eigenvalue weighted by Crippen LogP contribution is -2.57. The van der Waals surface area contributed by atoms with Gasteiger partial charge in [-0.2, -0.15) is 0 Å². The summed E-state index contributed by atoms with van der Waals surface area (Å²) < 4.78 is 22.8. The number of aliphatic hydroxyl groups is 2. The lowest BCUT2D eigenvalue weighted by molar-refractivity contribution is -0.167. The van der Waals surface area contributed by atoms with E-state index >= 15 is 0 Å². The van der Waals surface area contributed by atoms with E-state index in [-0.39, 0.29) is 29.8 Å². The molecular weight excluding hydrogens is 413 g/mol. The number of aromatic nitrogens is 4. The number of hydrogen-bond donors (Lipinski definition) is 5. The number of phosphoric ester groups is 1. The van der Waals surface area contributed by atoms with Crippen LogP contribution in [0, 0.1) is 0 Å². The maximum atomic E-state index is 12.5. The summed E-state index contributed by atoms with van der Waals surface area (Å²) in [5, 5.41) is 21.0. The molecule has 0 unspecified atom stereocenters. The van der Waals surface area contributed by atoms with Crippen molar-refractivity contribution in [1.29, 1.82) is 0 Å². The van der Waals surface area contributed by atoms with Crippen LogP contribution >= 0.6 is 7.82 Å². The van der Waals surface area contributed by atoms with Crippen LogP contribution in [0.15, 0.2) is 12.7 Å². The number of phosphoric acid groups is 1. The first-order chi connectivity index (χ1) is 13.6. The highest BCUT2D eigenvalue weighted by molar-refractivity contribution is 7.46. The molecule has 0 bridgehead atoms. The Morgan fingerprint density at radius 2 is 1.83 bits per heavy atom. The molecular formula is C14H16N5O9P. The van der Waals surface area contributed by atoms with Gasteiger partial charge in [-0.05, 0) is 0 Å². The van der Waals surface area contributed by atoms with Crippen LogP contribution < -0.4 is 5.73 Å². The zero-order valence-electron chi connectivity index (χ0n) is 14.5. The van der Waals surface area contributed by atoms with E-state index in [0.29, 0.717) is 0 Å². The quantitative estimate of drug-likeness (QED) is 0.258. The first-order valence-corrected chi connectivity index (χ1v) is 9.87. The van der Waals surface area contributed by atoms with Gasteiger partial charge in [-0.25, -0.2) is 19.5 Å². The largest absolute Gasteiger partial charge is 0.471 e. The van der Waals surface area contributed by atoms with E-state index in [0.717, 1.165) is 6.33 Å². The number of nitrogens with zero attached hydrogens (tertiary/aromatic N) is 4. The van der Waals surface area contributed by atoms with Crippen LogP contribution in [-0.2, 0) is 23.4 Å². The van der Waals surface area contributed by atoms with Gasteiger partial charge in [-0.3, -0.25) is 18.7 Å². The van der Waals surface area contributed by atoms with Gasteiger partial charge in [0.05, 0.1) is 6.33 Å². The van der Waals surface area contributed by atoms with E-state index in [1.165, 1.54) is 10.9 Å². The number of anilines is 1. The van der Waals surface area contributed by atoms with Gasteiger partial charge in [0.2, 0.25) is 5.60 Å². The summed E-state index contributed by atoms with van der Waals surface area (Å²) >= 11 is 0. The van der Waals surface area contributed by atoms with Crippen LogP contribution in [0.1, 0.15) is 19.1 Å². The van der Waals surface area contributed by atoms with Crippen molar-refractivity contribution in [2.24, 2.45) is 0 Å². The monoisotopic (exact) mass is 429 g/mol. The standard InChI is InChI=1S/C14H16N5O9P/c15-11-7-12(17-3-16-11)19(4-18-7)13-9(23)8(22)10(27-13)14(28-29(24,25)26)5(20)1-2-6(14)21/h3-4,8-10,13,22-23H,1-2H2,(H2,15,16,17)(H2,24,25,26)/t8-,9+,10-,13+/m0/s1. The van der Waals surface area contributed by atoms with Crippen molar-refractivity contribution in [3.63, 3.8) is 0 Å². The molecule has 4 rings (SSSR count). The second kappa shape index (κ2) is 6.60. The van der Waals surface area contributed by atoms with Gasteiger partial charge in [-0.1, -0.05) is 0 Å². The van der Waals surface area contributed by atoms with Gasteiger partial charge in [0.25, 0.3) is 0 Å². The molecule has 156 valence electrons. The van der Waals surface area contributed by atoms with Gasteiger partial charge in [-0.15, -0.1) is 0 Å². The number of carbonyl (C=O) groups excluding carboxylic acids is 2. The number of aliphatic hydroxyl groups excluding tert-OH is 2. The molecule has 2 fully saturated rings. The highest BCUT2D eigenvalue weighted by Crippen LogP contribution is 2.50. The van der Waals surface area contributed by atoms with E-state index in [9.17, 15) is 34.2 Å². The predicted octanol–water partition coefficient (Wildman–Crippen LogP) is -2.19. The third-order valence-corrected chi connectivity index (χ3v) is 5.50. The minimum absolute atomic E-state index is 0.0424. The van der Waals surface area contributed by atoms with Crippen LogP contribution in [0.2, 0.25) is 0 Å². The summed E-state index contributed by atoms with van der Waals surface area (Å²) in [6.07, 6.45) is -5.29. The molecule has 0 radical (unpaired) electrons. The number of carbonyl (C=O) groups is 2. The highest BCUT2D eigenvalue weighted by atomic mass is 31.2. The zero-order valence-corrected chi connectivity index (χ0v) is 15.4. The SMILES string of the molecule is Nc1ncnc2c1ncn2[C@@H]1O[C@H](C2(OP(=O)(O)O)C(=O)CCC2=O)[C@@H](O)[C@H]1O. The smallest absolute Gasteiger partial charge is 0.387 e. The average Bonchev–Trinajstić information content (AvgIpc) is 3.27. The van der Waals surface area contributed by atoms with Crippen molar-refractivity contribution in [3.8, 4) is 0 Å². The van der Waals surface area contributed by atoms with Crippen molar-refractivity contribution in [3.05, 3.63) is 12.7 Å². The van der Waals surface area contributed by atoms with E-state index in [4.69, 9.17) is 10.5 Å². The Balaban J connectivity index is 1.77. The fourth-order valence-corrected chi connectivity index (χ4v) is 4.38. The molecule has 0 spiro atoms. The molecule has 0 amide bonds. The Morgan fingerprint density at radius 3 is 2.45 bits per heavy atom. The number of ketones is 2. The zero-order chi connectivity index (χ0) is 21.1. The number of rotatable bonds is 4. The fourth-order valence-electron chi connectivity index (χ4n) is 3.69. The van der Waals surface area contributed by atoms with Crippen molar-refractivity contribution in [2.45, 2.75) is 43.0 Å². The third-order valence-electron chi connectivity index (χ3n) is 4.97. The Bertz CT molecular complexity index is 1040. The average molecular weight is 429 g/mol. The molecule has 1 saturated carbocycles. The van der Waals surface area contributed by atoms with E-state index < -0.39 is 49.5 Å². The summed E-state index contributed by atoms with van der Waals surface area (Å²) in [7, 11) is -5.35. The van der Waals surface area contributed by atoms with Gasteiger partial charge >= 0.3 is 7.82 Å². The molecule has 15 heteroatoms. The third kappa shape index (κ3) is 2.97. The van der Waals surface area contributed by atoms with E-state index in [1.54, 1.807) is 0 Å². The number of fused-ring (bicyclic) bond motifs is 1. The molecule has 2 aliphatic rings. The number of hydrogen-bond acceptors (Lipinski definition) is 11. The normalized spacial score (nSPS) is 29.8. The first-order valence-electron chi connectivity index (χ1n) is 8.34. The molecule has 1 aliphatic heterocycles. The van der Waals surface area contributed by atoms with Crippen LogP contribution in [0.4, 0.5) is 5.82 Å². The van der Waals surface area contributed by atoms with Gasteiger partial charge in [0.1, 0.15) is 30.2 Å². The van der Waals surface area contributed by atoms with Crippen LogP contribution in [0.3, 0.4) is 0 Å². The Morgan fingerprint density at radius 1 is 1.17 bits per heavy atom. The second-order valence-electron chi connectivity index (χ2n) is 6.68. The minimum Gasteiger partial charge on any atom is -0.387 e. The predicted molar refractivity (Wildman–Crippen MR) is 90.8 cm³/mol. The Hall–Kier alpha value is -2.32. The first kappa shape index (κ1) is 20.0. The maximum absolute atomic E-state index is 12.5. The summed E-state index contributed by atoms with van der Waals surface area (Å²) in [4.78, 5) is 55.2. The summed E-state index contributed by atoms with van der Waals surface area (Å²) in [5.41, 5.74) is 3.26. The van der Waals surface area contributed by atoms with Crippen molar-refractivity contribution >= 4 is 36.4 Å². The lowest BCUT2D eigenvalue weighted by Gasteiger charge is -2.32. The topological polar surface area (TPSA) is 220 Å². The molecule has 4 atom stereocenters. The number of nitrogen functional groups attached to an aromatic ring is 1. The molecule has 0 aromatic carbocycles. The van der Waals surface area contributed by atoms with Crippen LogP contribution in [-0.4, -0.2) is 75.0 Å². The maximum Gasteiger partial charge on any atom is 0.471 e. The second-order valence-corrected chi connectivity index (χ2v) is 7.84. The Labute approximate surface area is 161 Å². The molecule has 1 saturated heterocycles. The molecule has 1 aliphatic carbocycles. The van der Waals surface area contributed by atoms with Gasteiger partial charge in [0, 0.05) is 12.8 Å².